The minimum absolute atomic E-state index is 0.537. The third-order valence-electron chi connectivity index (χ3n) is 2.82. The van der Waals surface area contributed by atoms with E-state index < -0.39 is 0 Å². The molecule has 0 aromatic carbocycles. The molecule has 1 heterocycles. The van der Waals surface area contributed by atoms with Crippen molar-refractivity contribution >= 4 is 0 Å². The maximum atomic E-state index is 5.67. The van der Waals surface area contributed by atoms with E-state index in [0.717, 1.165) is 25.6 Å². The molecule has 0 aromatic heterocycles. The predicted molar refractivity (Wildman–Crippen MR) is 60.5 cm³/mol. The molecule has 1 atom stereocenters. The summed E-state index contributed by atoms with van der Waals surface area (Å²) in [7, 11) is 0. The van der Waals surface area contributed by atoms with Crippen molar-refractivity contribution in [1.29, 1.82) is 0 Å². The number of ether oxygens (including phenoxy) is 1. The molecule has 1 aliphatic rings. The summed E-state index contributed by atoms with van der Waals surface area (Å²) >= 11 is 0. The van der Waals surface area contributed by atoms with Gasteiger partial charge in [-0.2, -0.15) is 0 Å². The van der Waals surface area contributed by atoms with E-state index in [1.165, 1.54) is 32.1 Å². The van der Waals surface area contributed by atoms with Crippen LogP contribution in [-0.4, -0.2) is 25.8 Å². The highest BCUT2D eigenvalue weighted by Crippen LogP contribution is 2.14. The average molecular weight is 199 g/mol. The van der Waals surface area contributed by atoms with Gasteiger partial charge >= 0.3 is 0 Å². The smallest absolute Gasteiger partial charge is 0.0587 e. The van der Waals surface area contributed by atoms with Gasteiger partial charge in [0, 0.05) is 6.61 Å². The average Bonchev–Trinajstić information content (AvgIpc) is 2.18. The highest BCUT2D eigenvalue weighted by Gasteiger charge is 2.12. The summed E-state index contributed by atoms with van der Waals surface area (Å²) in [4.78, 5) is 0. The molecule has 0 amide bonds. The van der Waals surface area contributed by atoms with Crippen molar-refractivity contribution in [2.45, 2.75) is 52.1 Å². The quantitative estimate of drug-likeness (QED) is 0.664. The Balaban J connectivity index is 1.87. The van der Waals surface area contributed by atoms with E-state index in [2.05, 4.69) is 19.2 Å². The summed E-state index contributed by atoms with van der Waals surface area (Å²) in [5.74, 6) is 0.813. The lowest BCUT2D eigenvalue weighted by Gasteiger charge is -2.22. The summed E-state index contributed by atoms with van der Waals surface area (Å²) in [6.45, 7) is 7.80. The highest BCUT2D eigenvalue weighted by atomic mass is 16.5. The Kier molecular flexibility index (Phi) is 6.20. The second-order valence-electron chi connectivity index (χ2n) is 4.71. The fourth-order valence-electron chi connectivity index (χ4n) is 1.81. The van der Waals surface area contributed by atoms with E-state index in [1.807, 2.05) is 0 Å². The van der Waals surface area contributed by atoms with Gasteiger partial charge in [0.2, 0.25) is 0 Å². The number of nitrogens with one attached hydrogen (secondary N) is 1. The molecule has 2 heteroatoms. The van der Waals surface area contributed by atoms with Gasteiger partial charge in [0.15, 0.2) is 0 Å². The van der Waals surface area contributed by atoms with Gasteiger partial charge in [-0.25, -0.2) is 0 Å². The summed E-state index contributed by atoms with van der Waals surface area (Å²) in [5, 5.41) is 3.48. The lowest BCUT2D eigenvalue weighted by molar-refractivity contribution is 0.0116. The maximum Gasteiger partial charge on any atom is 0.0587 e. The lowest BCUT2D eigenvalue weighted by atomic mass is 10.1. The van der Waals surface area contributed by atoms with Crippen LogP contribution in [0.25, 0.3) is 0 Å². The Hall–Kier alpha value is -0.0800. The van der Waals surface area contributed by atoms with E-state index in [1.54, 1.807) is 0 Å². The molecule has 0 saturated carbocycles. The lowest BCUT2D eigenvalue weighted by Crippen LogP contribution is -2.26. The highest BCUT2D eigenvalue weighted by molar-refractivity contribution is 4.65. The molecular weight excluding hydrogens is 174 g/mol. The second-order valence-corrected chi connectivity index (χ2v) is 4.71. The molecular formula is C12H25NO. The zero-order valence-electron chi connectivity index (χ0n) is 9.72. The molecule has 0 bridgehead atoms. The SMILES string of the molecule is CC(C)CCNCCC1CCCCO1. The molecule has 1 unspecified atom stereocenters. The van der Waals surface area contributed by atoms with Gasteiger partial charge in [-0.1, -0.05) is 13.8 Å². The minimum Gasteiger partial charge on any atom is -0.378 e. The van der Waals surface area contributed by atoms with Crippen LogP contribution in [0.1, 0.15) is 46.0 Å². The van der Waals surface area contributed by atoms with Crippen LogP contribution < -0.4 is 5.32 Å². The molecule has 1 fully saturated rings. The Labute approximate surface area is 88.4 Å². The Bertz CT molecular complexity index is 130. The molecule has 1 rings (SSSR count). The standard InChI is InChI=1S/C12H25NO/c1-11(2)6-8-13-9-7-12-5-3-4-10-14-12/h11-13H,3-10H2,1-2H3. The van der Waals surface area contributed by atoms with E-state index >= 15 is 0 Å². The Morgan fingerprint density at radius 3 is 2.79 bits per heavy atom. The minimum atomic E-state index is 0.537. The van der Waals surface area contributed by atoms with Crippen molar-refractivity contribution in [1.82, 2.24) is 5.32 Å². The first kappa shape index (κ1) is 12.0. The van der Waals surface area contributed by atoms with Gasteiger partial charge in [-0.15, -0.1) is 0 Å². The molecule has 0 spiro atoms. The Morgan fingerprint density at radius 1 is 1.29 bits per heavy atom. The Morgan fingerprint density at radius 2 is 2.14 bits per heavy atom. The first-order valence-electron chi connectivity index (χ1n) is 6.11. The fraction of sp³-hybridized carbons (Fsp3) is 1.00. The van der Waals surface area contributed by atoms with E-state index in [-0.39, 0.29) is 0 Å². The van der Waals surface area contributed by atoms with Crippen molar-refractivity contribution in [2.24, 2.45) is 5.92 Å². The zero-order chi connectivity index (χ0) is 10.2. The van der Waals surface area contributed by atoms with Crippen LogP contribution in [0.2, 0.25) is 0 Å². The van der Waals surface area contributed by atoms with Crippen LogP contribution in [0.4, 0.5) is 0 Å². The molecule has 1 aliphatic heterocycles. The van der Waals surface area contributed by atoms with Crippen LogP contribution in [0, 0.1) is 5.92 Å². The molecule has 0 aromatic rings. The molecule has 1 saturated heterocycles. The summed E-state index contributed by atoms with van der Waals surface area (Å²) < 4.78 is 5.67. The van der Waals surface area contributed by atoms with Crippen LogP contribution in [0.3, 0.4) is 0 Å². The molecule has 84 valence electrons. The normalized spacial score (nSPS) is 22.9. The van der Waals surface area contributed by atoms with Crippen molar-refractivity contribution in [3.05, 3.63) is 0 Å². The van der Waals surface area contributed by atoms with Crippen LogP contribution in [-0.2, 0) is 4.74 Å². The number of hydrogen-bond donors (Lipinski definition) is 1. The van der Waals surface area contributed by atoms with Gasteiger partial charge < -0.3 is 10.1 Å². The first-order chi connectivity index (χ1) is 6.79. The summed E-state index contributed by atoms with van der Waals surface area (Å²) in [5.41, 5.74) is 0. The van der Waals surface area contributed by atoms with Crippen molar-refractivity contribution in [3.8, 4) is 0 Å². The molecule has 14 heavy (non-hydrogen) atoms. The maximum absolute atomic E-state index is 5.67. The fourth-order valence-corrected chi connectivity index (χ4v) is 1.81. The van der Waals surface area contributed by atoms with E-state index in [4.69, 9.17) is 4.74 Å². The van der Waals surface area contributed by atoms with Gasteiger partial charge in [0.25, 0.3) is 0 Å². The van der Waals surface area contributed by atoms with Crippen LogP contribution >= 0.6 is 0 Å². The largest absolute Gasteiger partial charge is 0.378 e. The topological polar surface area (TPSA) is 21.3 Å². The van der Waals surface area contributed by atoms with Gasteiger partial charge in [0.1, 0.15) is 0 Å². The van der Waals surface area contributed by atoms with Gasteiger partial charge in [-0.3, -0.25) is 0 Å². The van der Waals surface area contributed by atoms with Crippen molar-refractivity contribution in [3.63, 3.8) is 0 Å². The van der Waals surface area contributed by atoms with Gasteiger partial charge in [-0.05, 0) is 51.1 Å². The van der Waals surface area contributed by atoms with Crippen LogP contribution in [0.15, 0.2) is 0 Å². The van der Waals surface area contributed by atoms with E-state index in [0.29, 0.717) is 6.10 Å². The number of hydrogen-bond acceptors (Lipinski definition) is 2. The molecule has 1 N–H and O–H groups in total. The third kappa shape index (κ3) is 5.61. The second kappa shape index (κ2) is 7.24. The number of rotatable bonds is 6. The zero-order valence-corrected chi connectivity index (χ0v) is 9.72. The third-order valence-corrected chi connectivity index (χ3v) is 2.82. The molecule has 0 aliphatic carbocycles. The monoisotopic (exact) mass is 199 g/mol. The van der Waals surface area contributed by atoms with Crippen molar-refractivity contribution < 1.29 is 4.74 Å². The van der Waals surface area contributed by atoms with Gasteiger partial charge in [0.05, 0.1) is 6.10 Å². The predicted octanol–water partition coefficient (Wildman–Crippen LogP) is 2.58. The summed E-state index contributed by atoms with van der Waals surface area (Å²) in [6, 6.07) is 0. The van der Waals surface area contributed by atoms with Crippen LogP contribution in [0.5, 0.6) is 0 Å². The first-order valence-corrected chi connectivity index (χ1v) is 6.11. The molecule has 2 nitrogen and oxygen atoms in total. The molecule has 0 radical (unpaired) electrons. The van der Waals surface area contributed by atoms with Crippen molar-refractivity contribution in [2.75, 3.05) is 19.7 Å². The van der Waals surface area contributed by atoms with E-state index in [9.17, 15) is 0 Å². The summed E-state index contributed by atoms with van der Waals surface area (Å²) in [6.07, 6.45) is 6.90.